The summed E-state index contributed by atoms with van der Waals surface area (Å²) >= 11 is 5.91. The van der Waals surface area contributed by atoms with Crippen LogP contribution in [0.5, 0.6) is 0 Å². The fourth-order valence-electron chi connectivity index (χ4n) is 3.25. The molecular weight excluding hydrogens is 432 g/mol. The van der Waals surface area contributed by atoms with E-state index >= 15 is 0 Å². The number of aromatic nitrogens is 4. The number of nitrogen functional groups attached to an aromatic ring is 1. The number of anilines is 1. The molecule has 0 spiro atoms. The van der Waals surface area contributed by atoms with Gasteiger partial charge in [0.05, 0.1) is 23.6 Å². The highest BCUT2D eigenvalue weighted by Gasteiger charge is 2.15. The number of hydrogen-bond acceptors (Lipinski definition) is 6. The van der Waals surface area contributed by atoms with Crippen LogP contribution < -0.4 is 22.3 Å². The largest absolute Gasteiger partial charge is 0.384 e. The summed E-state index contributed by atoms with van der Waals surface area (Å²) in [6, 6.07) is 11.7. The van der Waals surface area contributed by atoms with E-state index in [2.05, 4.69) is 15.3 Å². The van der Waals surface area contributed by atoms with Crippen molar-refractivity contribution in [1.29, 1.82) is 0 Å². The van der Waals surface area contributed by atoms with Crippen molar-refractivity contribution >= 4 is 34.2 Å². The highest BCUT2D eigenvalue weighted by Crippen LogP contribution is 2.12. The molecule has 0 aliphatic heterocycles. The van der Waals surface area contributed by atoms with Crippen molar-refractivity contribution in [1.82, 2.24) is 24.4 Å². The van der Waals surface area contributed by atoms with Gasteiger partial charge in [0.15, 0.2) is 0 Å². The van der Waals surface area contributed by atoms with Gasteiger partial charge in [-0.3, -0.25) is 18.7 Å². The highest BCUT2D eigenvalue weighted by molar-refractivity contribution is 6.30. The van der Waals surface area contributed by atoms with Crippen molar-refractivity contribution in [3.8, 4) is 0 Å². The summed E-state index contributed by atoms with van der Waals surface area (Å²) in [6.45, 7) is 0.298. The summed E-state index contributed by atoms with van der Waals surface area (Å²) < 4.78 is 2.45. The van der Waals surface area contributed by atoms with Gasteiger partial charge in [-0.05, 0) is 35.4 Å². The van der Waals surface area contributed by atoms with E-state index in [-0.39, 0.29) is 24.2 Å². The van der Waals surface area contributed by atoms with E-state index in [0.29, 0.717) is 16.4 Å². The minimum absolute atomic E-state index is 0.0645. The Hall–Kier alpha value is -3.98. The predicted octanol–water partition coefficient (Wildman–Crippen LogP) is 1.70. The number of nitrogens with zero attached hydrogens (tertiary/aromatic N) is 4. The number of rotatable bonds is 5. The first-order chi connectivity index (χ1) is 15.3. The molecule has 0 fully saturated rings. The number of carbonyl (C=O) groups is 1. The molecule has 0 atom stereocenters. The number of amides is 1. The van der Waals surface area contributed by atoms with E-state index in [1.807, 2.05) is 0 Å². The van der Waals surface area contributed by atoms with Crippen LogP contribution in [-0.2, 0) is 20.1 Å². The molecule has 9 nitrogen and oxygen atoms in total. The van der Waals surface area contributed by atoms with Crippen molar-refractivity contribution in [3.63, 3.8) is 0 Å². The second-order valence-electron chi connectivity index (χ2n) is 7.22. The summed E-state index contributed by atoms with van der Waals surface area (Å²) in [7, 11) is 1.55. The molecule has 4 aromatic rings. The molecule has 3 heterocycles. The Labute approximate surface area is 187 Å². The van der Waals surface area contributed by atoms with Crippen LogP contribution in [0.3, 0.4) is 0 Å². The van der Waals surface area contributed by atoms with E-state index in [1.54, 1.807) is 49.6 Å². The lowest BCUT2D eigenvalue weighted by Gasteiger charge is -2.12. The maximum atomic E-state index is 13.1. The Balaban J connectivity index is 1.67. The fourth-order valence-corrected chi connectivity index (χ4v) is 3.38. The summed E-state index contributed by atoms with van der Waals surface area (Å²) in [5.41, 5.74) is 6.49. The van der Waals surface area contributed by atoms with Crippen LogP contribution >= 0.6 is 11.6 Å². The zero-order chi connectivity index (χ0) is 22.8. The van der Waals surface area contributed by atoms with Crippen LogP contribution in [0.1, 0.15) is 21.6 Å². The fraction of sp³-hybridized carbons (Fsp3) is 0.136. The third-order valence-corrected chi connectivity index (χ3v) is 5.28. The minimum Gasteiger partial charge on any atom is -0.384 e. The second kappa shape index (κ2) is 8.64. The van der Waals surface area contributed by atoms with Crippen LogP contribution in [0.2, 0.25) is 5.02 Å². The molecule has 1 amide bonds. The summed E-state index contributed by atoms with van der Waals surface area (Å²) in [4.78, 5) is 46.6. The van der Waals surface area contributed by atoms with E-state index in [4.69, 9.17) is 17.3 Å². The first-order valence-corrected chi connectivity index (χ1v) is 10.0. The maximum absolute atomic E-state index is 13.1. The Morgan fingerprint density at radius 1 is 1.06 bits per heavy atom. The topological polar surface area (TPSA) is 125 Å². The molecule has 32 heavy (non-hydrogen) atoms. The Kier molecular flexibility index (Phi) is 5.74. The normalized spacial score (nSPS) is 10.9. The van der Waals surface area contributed by atoms with Crippen molar-refractivity contribution < 1.29 is 4.79 Å². The predicted molar refractivity (Wildman–Crippen MR) is 122 cm³/mol. The molecule has 0 radical (unpaired) electrons. The number of aryl methyl sites for hydroxylation is 1. The molecule has 3 aromatic heterocycles. The van der Waals surface area contributed by atoms with Crippen molar-refractivity contribution in [3.05, 3.63) is 97.5 Å². The molecule has 0 unspecified atom stereocenters. The van der Waals surface area contributed by atoms with Gasteiger partial charge >= 0.3 is 5.69 Å². The zero-order valence-electron chi connectivity index (χ0n) is 17.1. The number of hydrogen-bond donors (Lipinski definition) is 2. The molecule has 0 aliphatic carbocycles. The minimum atomic E-state index is -0.503. The van der Waals surface area contributed by atoms with Crippen molar-refractivity contribution in [2.24, 2.45) is 7.05 Å². The quantitative estimate of drug-likeness (QED) is 0.476. The first-order valence-electron chi connectivity index (χ1n) is 9.66. The van der Waals surface area contributed by atoms with E-state index in [9.17, 15) is 14.4 Å². The number of nitrogens with one attached hydrogen (secondary N) is 1. The molecule has 3 N–H and O–H groups in total. The molecular formula is C22H19ClN6O3. The molecule has 0 aliphatic rings. The second-order valence-corrected chi connectivity index (χ2v) is 7.66. The molecule has 0 saturated carbocycles. The van der Waals surface area contributed by atoms with Crippen LogP contribution in [0.4, 0.5) is 5.82 Å². The van der Waals surface area contributed by atoms with E-state index in [0.717, 1.165) is 15.7 Å². The summed E-state index contributed by atoms with van der Waals surface area (Å²) in [5, 5.41) is 3.51. The lowest BCUT2D eigenvalue weighted by molar-refractivity contribution is 0.0946. The number of benzene rings is 1. The van der Waals surface area contributed by atoms with E-state index in [1.165, 1.54) is 16.8 Å². The summed E-state index contributed by atoms with van der Waals surface area (Å²) in [5.74, 6) is -0.0713. The van der Waals surface area contributed by atoms with Gasteiger partial charge in [0, 0.05) is 24.8 Å². The number of halogens is 1. The molecule has 162 valence electrons. The van der Waals surface area contributed by atoms with Gasteiger partial charge in [-0.2, -0.15) is 0 Å². The Morgan fingerprint density at radius 2 is 1.78 bits per heavy atom. The van der Waals surface area contributed by atoms with Crippen LogP contribution in [0.25, 0.3) is 10.9 Å². The Morgan fingerprint density at radius 3 is 2.47 bits per heavy atom. The number of pyridine rings is 2. The SMILES string of the molecule is Cn1c(=O)n(Cc2ccc(Cl)cc2)c(=O)c2cc(C(=O)NCc3ccc(N)nc3)ncc21. The summed E-state index contributed by atoms with van der Waals surface area (Å²) in [6.07, 6.45) is 2.92. The third-order valence-electron chi connectivity index (χ3n) is 5.02. The van der Waals surface area contributed by atoms with Crippen molar-refractivity contribution in [2.45, 2.75) is 13.1 Å². The van der Waals surface area contributed by atoms with Crippen LogP contribution in [0, 0.1) is 0 Å². The van der Waals surface area contributed by atoms with Gasteiger partial charge in [-0.1, -0.05) is 29.8 Å². The van der Waals surface area contributed by atoms with Gasteiger partial charge in [-0.15, -0.1) is 0 Å². The van der Waals surface area contributed by atoms with E-state index < -0.39 is 17.2 Å². The molecule has 10 heteroatoms. The highest BCUT2D eigenvalue weighted by atomic mass is 35.5. The van der Waals surface area contributed by atoms with Gasteiger partial charge < -0.3 is 11.1 Å². The average Bonchev–Trinajstić information content (AvgIpc) is 2.80. The number of fused-ring (bicyclic) bond motifs is 1. The van der Waals surface area contributed by atoms with Crippen LogP contribution in [-0.4, -0.2) is 25.0 Å². The average molecular weight is 451 g/mol. The lowest BCUT2D eigenvalue weighted by Crippen LogP contribution is -2.39. The zero-order valence-corrected chi connectivity index (χ0v) is 17.8. The monoisotopic (exact) mass is 450 g/mol. The molecule has 1 aromatic carbocycles. The molecule has 4 rings (SSSR count). The maximum Gasteiger partial charge on any atom is 0.331 e. The van der Waals surface area contributed by atoms with Crippen molar-refractivity contribution in [2.75, 3.05) is 5.73 Å². The van der Waals surface area contributed by atoms with Gasteiger partial charge in [0.2, 0.25) is 0 Å². The first kappa shape index (κ1) is 21.3. The molecule has 0 bridgehead atoms. The molecule has 0 saturated heterocycles. The van der Waals surface area contributed by atoms with Gasteiger partial charge in [0.25, 0.3) is 11.5 Å². The number of carbonyl (C=O) groups excluding carboxylic acids is 1. The standard InChI is InChI=1S/C22H19ClN6O3/c1-28-18-11-25-17(20(30)27-10-14-4-7-19(24)26-9-14)8-16(18)21(31)29(22(28)32)12-13-2-5-15(23)6-3-13/h2-9,11H,10,12H2,1H3,(H2,24,26)(H,27,30). The van der Waals surface area contributed by atoms with Gasteiger partial charge in [0.1, 0.15) is 11.5 Å². The van der Waals surface area contributed by atoms with Crippen LogP contribution in [0.15, 0.2) is 64.4 Å². The number of nitrogens with two attached hydrogens (primary N) is 1. The third kappa shape index (κ3) is 4.23. The smallest absolute Gasteiger partial charge is 0.331 e. The Bertz CT molecular complexity index is 1430. The van der Waals surface area contributed by atoms with Gasteiger partial charge in [-0.25, -0.2) is 14.8 Å². The lowest BCUT2D eigenvalue weighted by atomic mass is 10.2.